The molecule has 0 atom stereocenters. The summed E-state index contributed by atoms with van der Waals surface area (Å²) in [7, 11) is 0. The molecule has 1 aromatic rings. The van der Waals surface area contributed by atoms with Crippen LogP contribution >= 0.6 is 0 Å². The van der Waals surface area contributed by atoms with Gasteiger partial charge < -0.3 is 15.2 Å². The van der Waals surface area contributed by atoms with Crippen LogP contribution in [-0.4, -0.2) is 10.2 Å². The van der Waals surface area contributed by atoms with E-state index in [4.69, 9.17) is 0 Å². The van der Waals surface area contributed by atoms with Gasteiger partial charge in [-0.3, -0.25) is 0 Å². The number of aryl methyl sites for hydroxylation is 1. The zero-order valence-electron chi connectivity index (χ0n) is 5.80. The molecule has 1 radical (unpaired) electrons. The van der Waals surface area contributed by atoms with Gasteiger partial charge in [0.2, 0.25) is 0 Å². The molecule has 4 heteroatoms. The largest absolute Gasteiger partial charge is 0.370 e. The third kappa shape index (κ3) is 5.68. The fourth-order valence-corrected chi connectivity index (χ4v) is 0.245. The summed E-state index contributed by atoms with van der Waals surface area (Å²) in [5, 5.41) is 7.02. The molecule has 0 aliphatic carbocycles. The van der Waals surface area contributed by atoms with Crippen molar-refractivity contribution in [2.24, 2.45) is 0 Å². The van der Waals surface area contributed by atoms with Crippen LogP contribution in [0.2, 0.25) is 0 Å². The Hall–Kier alpha value is -0.198. The van der Waals surface area contributed by atoms with E-state index < -0.39 is 0 Å². The van der Waals surface area contributed by atoms with E-state index in [1.165, 1.54) is 6.33 Å². The van der Waals surface area contributed by atoms with E-state index in [9.17, 15) is 0 Å². The van der Waals surface area contributed by atoms with Crippen LogP contribution in [0.15, 0.2) is 6.33 Å². The second kappa shape index (κ2) is 7.80. The van der Waals surface area contributed by atoms with Crippen LogP contribution in [-0.2, 0) is 20.4 Å². The third-order valence-electron chi connectivity index (χ3n) is 0.499. The van der Waals surface area contributed by atoms with Crippen LogP contribution in [0.3, 0.4) is 0 Å². The minimum atomic E-state index is 0. The van der Waals surface area contributed by atoms with Gasteiger partial charge >= 0.3 is 0 Å². The Kier molecular flexibility index (Phi) is 10.0. The molecule has 0 saturated heterocycles. The Morgan fingerprint density at radius 3 is 2.11 bits per heavy atom. The summed E-state index contributed by atoms with van der Waals surface area (Å²) in [5.74, 6) is 0.731. The zero-order chi connectivity index (χ0) is 6.41. The summed E-state index contributed by atoms with van der Waals surface area (Å²) < 4.78 is 0. The normalized spacial score (nSPS) is 6.56. The van der Waals surface area contributed by atoms with Crippen molar-refractivity contribution < 1.29 is 20.4 Å². The average Bonchev–Trinajstić information content (AvgIpc) is 2.24. The van der Waals surface area contributed by atoms with E-state index in [2.05, 4.69) is 15.2 Å². The molecule has 0 aliphatic heterocycles. The maximum atomic E-state index is 3.69. The molecule has 1 heterocycles. The minimum Gasteiger partial charge on any atom is -0.370 e. The van der Waals surface area contributed by atoms with Crippen LogP contribution in [0.4, 0.5) is 0 Å². The second-order valence-corrected chi connectivity index (χ2v) is 1.01. The molecule has 0 aromatic carbocycles. The van der Waals surface area contributed by atoms with E-state index >= 15 is 0 Å². The first-order valence-corrected chi connectivity index (χ1v) is 2.66. The molecule has 0 aliphatic rings. The molecule has 1 aromatic heterocycles. The first-order valence-electron chi connectivity index (χ1n) is 2.66. The number of aromatic nitrogens is 3. The molecule has 0 spiro atoms. The zero-order valence-corrected chi connectivity index (χ0v) is 8.51. The summed E-state index contributed by atoms with van der Waals surface area (Å²) in [6, 6.07) is 0. The topological polar surface area (TPSA) is 39.9 Å². The number of rotatable bonds is 0. The van der Waals surface area contributed by atoms with Crippen LogP contribution in [0, 0.1) is 6.92 Å². The summed E-state index contributed by atoms with van der Waals surface area (Å²) in [4.78, 5) is 3.69. The molecule has 3 nitrogen and oxygen atoms in total. The van der Waals surface area contributed by atoms with Crippen molar-refractivity contribution in [1.82, 2.24) is 15.2 Å². The summed E-state index contributed by atoms with van der Waals surface area (Å²) in [6.07, 6.45) is 1.43. The van der Waals surface area contributed by atoms with Crippen molar-refractivity contribution in [2.75, 3.05) is 0 Å². The van der Waals surface area contributed by atoms with Crippen molar-refractivity contribution in [2.45, 2.75) is 20.8 Å². The predicted octanol–water partition coefficient (Wildman–Crippen LogP) is 0.766. The van der Waals surface area contributed by atoms with E-state index in [0.717, 1.165) is 5.82 Å². The van der Waals surface area contributed by atoms with Gasteiger partial charge in [0, 0.05) is 20.4 Å². The molecular weight excluding hydrogens is 288 g/mol. The first kappa shape index (κ1) is 11.6. The Bertz CT molecular complexity index is 116. The summed E-state index contributed by atoms with van der Waals surface area (Å²) in [6.45, 7) is 5.80. The van der Waals surface area contributed by atoms with Gasteiger partial charge in [-0.2, -0.15) is 0 Å². The van der Waals surface area contributed by atoms with Gasteiger partial charge in [-0.1, -0.05) is 13.8 Å². The van der Waals surface area contributed by atoms with E-state index in [-0.39, 0.29) is 20.4 Å². The Balaban J connectivity index is 0. The number of hydrogen-bond donors (Lipinski definition) is 0. The Labute approximate surface area is 68.9 Å². The predicted molar refractivity (Wildman–Crippen MR) is 31.4 cm³/mol. The smallest absolute Gasteiger partial charge is 0 e. The monoisotopic (exact) mass is 299 g/mol. The molecule has 0 saturated carbocycles. The quantitative estimate of drug-likeness (QED) is 0.710. The van der Waals surface area contributed by atoms with Crippen molar-refractivity contribution in [3.05, 3.63) is 12.2 Å². The average molecular weight is 298 g/mol. The van der Waals surface area contributed by atoms with Gasteiger partial charge in [-0.05, 0) is 19.1 Å². The van der Waals surface area contributed by atoms with Gasteiger partial charge in [0.15, 0.2) is 0 Å². The molecule has 0 fully saturated rings. The van der Waals surface area contributed by atoms with Crippen molar-refractivity contribution in [1.29, 1.82) is 0 Å². The Morgan fingerprint density at radius 2 is 2.00 bits per heavy atom. The SMILES string of the molecule is CC.Cc1nnc[n-]1.[Re]. The molecule has 0 unspecified atom stereocenters. The second-order valence-electron chi connectivity index (χ2n) is 1.01. The molecule has 0 bridgehead atoms. The van der Waals surface area contributed by atoms with Crippen LogP contribution in [0.25, 0.3) is 0 Å². The standard InChI is InChI=1S/C3H4N3.C2H6.Re/c1-3-4-2-5-6-3;1-2;/h2H,1H3;1-2H3;/q-1;;. The fraction of sp³-hybridized carbons (Fsp3) is 0.600. The van der Waals surface area contributed by atoms with Gasteiger partial charge in [-0.25, -0.2) is 0 Å². The number of hydrogen-bond acceptors (Lipinski definition) is 2. The van der Waals surface area contributed by atoms with Gasteiger partial charge in [0.05, 0.1) is 0 Å². The van der Waals surface area contributed by atoms with Crippen molar-refractivity contribution in [3.63, 3.8) is 0 Å². The third-order valence-corrected chi connectivity index (χ3v) is 0.499. The Morgan fingerprint density at radius 1 is 1.44 bits per heavy atom. The maximum Gasteiger partial charge on any atom is 0 e. The van der Waals surface area contributed by atoms with Gasteiger partial charge in [-0.15, -0.1) is 0 Å². The summed E-state index contributed by atoms with van der Waals surface area (Å²) in [5.41, 5.74) is 0. The fourth-order valence-electron chi connectivity index (χ4n) is 0.245. The molecule has 0 amide bonds. The van der Waals surface area contributed by atoms with E-state index in [0.29, 0.717) is 0 Å². The molecular formula is C5H10N3Re-. The number of nitrogens with zero attached hydrogens (tertiary/aromatic N) is 3. The van der Waals surface area contributed by atoms with Crippen LogP contribution < -0.4 is 4.98 Å². The van der Waals surface area contributed by atoms with Crippen molar-refractivity contribution in [3.8, 4) is 0 Å². The van der Waals surface area contributed by atoms with E-state index in [1.54, 1.807) is 6.92 Å². The van der Waals surface area contributed by atoms with Crippen LogP contribution in [0.1, 0.15) is 19.7 Å². The molecule has 53 valence electrons. The summed E-state index contributed by atoms with van der Waals surface area (Å²) >= 11 is 0. The molecule has 9 heavy (non-hydrogen) atoms. The molecule has 1 rings (SSSR count). The van der Waals surface area contributed by atoms with Crippen LogP contribution in [0.5, 0.6) is 0 Å². The van der Waals surface area contributed by atoms with E-state index in [1.807, 2.05) is 13.8 Å². The van der Waals surface area contributed by atoms with Gasteiger partial charge in [0.25, 0.3) is 0 Å². The molecule has 0 N–H and O–H groups in total. The van der Waals surface area contributed by atoms with Crippen molar-refractivity contribution >= 4 is 0 Å². The first-order chi connectivity index (χ1) is 3.89. The van der Waals surface area contributed by atoms with Gasteiger partial charge in [0.1, 0.15) is 0 Å². The maximum absolute atomic E-state index is 3.69. The minimum absolute atomic E-state index is 0.